The topological polar surface area (TPSA) is 54.0 Å². The first-order valence-electron chi connectivity index (χ1n) is 6.03. The summed E-state index contributed by atoms with van der Waals surface area (Å²) < 4.78 is 0. The van der Waals surface area contributed by atoms with Crippen molar-refractivity contribution in [2.75, 3.05) is 13.6 Å². The molecule has 0 aliphatic carbocycles. The minimum absolute atomic E-state index is 0. The van der Waals surface area contributed by atoms with Crippen LogP contribution < -0.4 is 10.6 Å². The minimum atomic E-state index is 0. The van der Waals surface area contributed by atoms with Crippen molar-refractivity contribution in [2.45, 2.75) is 39.2 Å². The van der Waals surface area contributed by atoms with Crippen molar-refractivity contribution in [2.24, 2.45) is 0 Å². The van der Waals surface area contributed by atoms with Crippen LogP contribution in [0.15, 0.2) is 5.38 Å². The van der Waals surface area contributed by atoms with E-state index in [1.807, 2.05) is 19.4 Å². The number of aryl methyl sites for hydroxylation is 1. The summed E-state index contributed by atoms with van der Waals surface area (Å²) in [5.74, 6) is 0.111. The fraction of sp³-hybridized carbons (Fsp3) is 0.667. The van der Waals surface area contributed by atoms with Gasteiger partial charge in [0.25, 0.3) is 0 Å². The van der Waals surface area contributed by atoms with Gasteiger partial charge in [-0.2, -0.15) is 0 Å². The van der Waals surface area contributed by atoms with Crippen molar-refractivity contribution in [1.82, 2.24) is 15.6 Å². The summed E-state index contributed by atoms with van der Waals surface area (Å²) in [4.78, 5) is 16.1. The highest BCUT2D eigenvalue weighted by Crippen LogP contribution is 2.20. The molecule has 19 heavy (non-hydrogen) atoms. The Bertz CT molecular complexity index is 360. The molecule has 0 aliphatic heterocycles. The number of carbonyl (C=O) groups is 1. The van der Waals surface area contributed by atoms with Gasteiger partial charge in [-0.25, -0.2) is 4.98 Å². The molecule has 0 spiro atoms. The summed E-state index contributed by atoms with van der Waals surface area (Å²) >= 11 is 1.61. The number of rotatable bonds is 7. The van der Waals surface area contributed by atoms with Gasteiger partial charge in [-0.15, -0.1) is 36.2 Å². The standard InChI is InChI=1S/C12H21N3OS.2ClH/c1-4-10(12-14-9(2)8-17-12)15-11(16)6-5-7-13-3;;/h8,10,13H,4-7H2,1-3H3,(H,15,16);2*1H. The lowest BCUT2D eigenvalue weighted by atomic mass is 10.2. The molecule has 1 aromatic rings. The van der Waals surface area contributed by atoms with Gasteiger partial charge in [0, 0.05) is 17.5 Å². The van der Waals surface area contributed by atoms with Gasteiger partial charge in [0.15, 0.2) is 0 Å². The quantitative estimate of drug-likeness (QED) is 0.757. The molecule has 0 radical (unpaired) electrons. The largest absolute Gasteiger partial charge is 0.347 e. The smallest absolute Gasteiger partial charge is 0.220 e. The minimum Gasteiger partial charge on any atom is -0.347 e. The van der Waals surface area contributed by atoms with Gasteiger partial charge in [-0.1, -0.05) is 6.92 Å². The number of amides is 1. The molecule has 4 nitrogen and oxygen atoms in total. The molecule has 1 aromatic heterocycles. The molecule has 0 fully saturated rings. The van der Waals surface area contributed by atoms with Gasteiger partial charge in [0.2, 0.25) is 5.91 Å². The van der Waals surface area contributed by atoms with Crippen LogP contribution in [-0.4, -0.2) is 24.5 Å². The van der Waals surface area contributed by atoms with Crippen LogP contribution in [0.25, 0.3) is 0 Å². The number of nitrogens with one attached hydrogen (secondary N) is 2. The van der Waals surface area contributed by atoms with Gasteiger partial charge in [0.05, 0.1) is 6.04 Å². The van der Waals surface area contributed by atoms with E-state index in [0.717, 1.165) is 30.1 Å². The Morgan fingerprint density at radius 3 is 2.63 bits per heavy atom. The first-order chi connectivity index (χ1) is 8.17. The van der Waals surface area contributed by atoms with Gasteiger partial charge in [-0.05, 0) is 33.4 Å². The zero-order valence-electron chi connectivity index (χ0n) is 11.6. The average molecular weight is 328 g/mol. The van der Waals surface area contributed by atoms with E-state index in [2.05, 4.69) is 22.5 Å². The van der Waals surface area contributed by atoms with E-state index in [-0.39, 0.29) is 36.8 Å². The third-order valence-electron chi connectivity index (χ3n) is 2.51. The molecule has 0 bridgehead atoms. The Kier molecular flexibility index (Phi) is 12.6. The summed E-state index contributed by atoms with van der Waals surface area (Å²) in [6.07, 6.45) is 2.32. The Morgan fingerprint density at radius 2 is 2.16 bits per heavy atom. The summed E-state index contributed by atoms with van der Waals surface area (Å²) in [6.45, 7) is 4.91. The van der Waals surface area contributed by atoms with Crippen LogP contribution in [0.5, 0.6) is 0 Å². The van der Waals surface area contributed by atoms with Crippen molar-refractivity contribution in [3.05, 3.63) is 16.1 Å². The van der Waals surface area contributed by atoms with Gasteiger partial charge in [0.1, 0.15) is 5.01 Å². The average Bonchev–Trinajstić information content (AvgIpc) is 2.73. The lowest BCUT2D eigenvalue weighted by Gasteiger charge is -2.14. The molecule has 1 amide bonds. The third kappa shape index (κ3) is 7.72. The maximum Gasteiger partial charge on any atom is 0.220 e. The normalized spacial score (nSPS) is 11.1. The summed E-state index contributed by atoms with van der Waals surface area (Å²) in [7, 11) is 1.89. The first-order valence-corrected chi connectivity index (χ1v) is 6.91. The van der Waals surface area contributed by atoms with E-state index in [9.17, 15) is 4.79 Å². The maximum absolute atomic E-state index is 11.7. The first kappa shape index (κ1) is 20.9. The molecule has 1 unspecified atom stereocenters. The Hall–Kier alpha value is -0.360. The van der Waals surface area contributed by atoms with Crippen LogP contribution in [0.2, 0.25) is 0 Å². The van der Waals surface area contributed by atoms with Gasteiger partial charge >= 0.3 is 0 Å². The summed E-state index contributed by atoms with van der Waals surface area (Å²) in [6, 6.07) is 0.0655. The highest BCUT2D eigenvalue weighted by atomic mass is 35.5. The molecule has 1 atom stereocenters. The van der Waals surface area contributed by atoms with Crippen LogP contribution >= 0.6 is 36.2 Å². The van der Waals surface area contributed by atoms with Crippen LogP contribution in [0.4, 0.5) is 0 Å². The molecule has 1 heterocycles. The lowest BCUT2D eigenvalue weighted by molar-refractivity contribution is -0.121. The predicted molar refractivity (Wildman–Crippen MR) is 85.7 cm³/mol. The molecule has 7 heteroatoms. The molecule has 2 N–H and O–H groups in total. The van der Waals surface area contributed by atoms with Crippen molar-refractivity contribution in [3.8, 4) is 0 Å². The van der Waals surface area contributed by atoms with Crippen molar-refractivity contribution in [3.63, 3.8) is 0 Å². The number of hydrogen-bond acceptors (Lipinski definition) is 4. The molecule has 0 saturated heterocycles. The molecular formula is C12H23Cl2N3OS. The van der Waals surface area contributed by atoms with Crippen LogP contribution in [0.3, 0.4) is 0 Å². The highest BCUT2D eigenvalue weighted by molar-refractivity contribution is 7.09. The van der Waals surface area contributed by atoms with E-state index < -0.39 is 0 Å². The Labute approximate surface area is 131 Å². The molecule has 1 rings (SSSR count). The number of halogens is 2. The SMILES string of the molecule is CCC(NC(=O)CCCNC)c1nc(C)cs1.Cl.Cl. The molecule has 0 aliphatic rings. The Morgan fingerprint density at radius 1 is 1.47 bits per heavy atom. The number of thiazole rings is 1. The summed E-state index contributed by atoms with van der Waals surface area (Å²) in [5, 5.41) is 9.10. The van der Waals surface area contributed by atoms with E-state index in [1.165, 1.54) is 0 Å². The second-order valence-electron chi connectivity index (χ2n) is 4.06. The molecular weight excluding hydrogens is 305 g/mol. The van der Waals surface area contributed by atoms with Crippen LogP contribution in [-0.2, 0) is 4.79 Å². The molecule has 0 saturated carbocycles. The highest BCUT2D eigenvalue weighted by Gasteiger charge is 2.15. The zero-order valence-corrected chi connectivity index (χ0v) is 14.0. The number of hydrogen-bond donors (Lipinski definition) is 2. The zero-order chi connectivity index (χ0) is 12.7. The van der Waals surface area contributed by atoms with Crippen LogP contribution in [0, 0.1) is 6.92 Å². The van der Waals surface area contributed by atoms with E-state index in [1.54, 1.807) is 11.3 Å². The maximum atomic E-state index is 11.7. The molecule has 112 valence electrons. The second kappa shape index (κ2) is 11.5. The van der Waals surface area contributed by atoms with Crippen LogP contribution in [0.1, 0.15) is 42.9 Å². The lowest BCUT2D eigenvalue weighted by Crippen LogP contribution is -2.28. The van der Waals surface area contributed by atoms with E-state index in [0.29, 0.717) is 6.42 Å². The van der Waals surface area contributed by atoms with Crippen molar-refractivity contribution in [1.29, 1.82) is 0 Å². The van der Waals surface area contributed by atoms with Gasteiger partial charge in [-0.3, -0.25) is 4.79 Å². The predicted octanol–water partition coefficient (Wildman–Crippen LogP) is 2.86. The third-order valence-corrected chi connectivity index (χ3v) is 3.59. The van der Waals surface area contributed by atoms with Crippen molar-refractivity contribution >= 4 is 42.1 Å². The fourth-order valence-electron chi connectivity index (χ4n) is 1.56. The van der Waals surface area contributed by atoms with Crippen molar-refractivity contribution < 1.29 is 4.79 Å². The number of nitrogens with zero attached hydrogens (tertiary/aromatic N) is 1. The number of carbonyl (C=O) groups excluding carboxylic acids is 1. The number of aromatic nitrogens is 1. The monoisotopic (exact) mass is 327 g/mol. The second-order valence-corrected chi connectivity index (χ2v) is 4.95. The fourth-order valence-corrected chi connectivity index (χ4v) is 2.49. The van der Waals surface area contributed by atoms with Gasteiger partial charge < -0.3 is 10.6 Å². The Balaban J connectivity index is 0. The van der Waals surface area contributed by atoms with E-state index >= 15 is 0 Å². The molecule has 0 aromatic carbocycles. The van der Waals surface area contributed by atoms with E-state index in [4.69, 9.17) is 0 Å². The summed E-state index contributed by atoms with van der Waals surface area (Å²) in [5.41, 5.74) is 1.02.